The number of aromatic nitrogens is 2. The lowest BCUT2D eigenvalue weighted by atomic mass is 10.1. The molecule has 1 aromatic heterocycles. The number of rotatable bonds is 1. The van der Waals surface area contributed by atoms with Crippen LogP contribution in [0.15, 0.2) is 0 Å². The lowest BCUT2D eigenvalue weighted by Crippen LogP contribution is -2.44. The van der Waals surface area contributed by atoms with Gasteiger partial charge < -0.3 is 16.0 Å². The molecule has 0 unspecified atom stereocenters. The summed E-state index contributed by atoms with van der Waals surface area (Å²) in [6, 6.07) is 0. The van der Waals surface area contributed by atoms with Crippen molar-refractivity contribution < 1.29 is 0 Å². The Morgan fingerprint density at radius 2 is 1.78 bits per heavy atom. The van der Waals surface area contributed by atoms with Crippen molar-refractivity contribution in [3.63, 3.8) is 0 Å². The average molecular weight is 247 g/mol. The van der Waals surface area contributed by atoms with Crippen molar-refractivity contribution in [2.45, 2.75) is 32.1 Å². The van der Waals surface area contributed by atoms with E-state index in [9.17, 15) is 0 Å². The molecule has 0 aromatic carbocycles. The molecule has 1 aromatic rings. The SMILES string of the molecule is Nc1nc2c(c(N3CCNCC3)n1)CCCCC2. The van der Waals surface area contributed by atoms with Crippen molar-refractivity contribution >= 4 is 11.8 Å². The molecule has 1 fully saturated rings. The van der Waals surface area contributed by atoms with Crippen LogP contribution in [0.1, 0.15) is 30.5 Å². The molecule has 98 valence electrons. The third-order valence-electron chi connectivity index (χ3n) is 3.85. The van der Waals surface area contributed by atoms with Gasteiger partial charge in [0.2, 0.25) is 5.95 Å². The van der Waals surface area contributed by atoms with E-state index in [1.807, 2.05) is 0 Å². The summed E-state index contributed by atoms with van der Waals surface area (Å²) in [7, 11) is 0. The monoisotopic (exact) mass is 247 g/mol. The maximum Gasteiger partial charge on any atom is 0.222 e. The molecule has 0 spiro atoms. The fourth-order valence-electron chi connectivity index (χ4n) is 2.91. The molecule has 18 heavy (non-hydrogen) atoms. The maximum atomic E-state index is 5.88. The van der Waals surface area contributed by atoms with Gasteiger partial charge in [-0.05, 0) is 25.7 Å². The molecule has 3 rings (SSSR count). The molecule has 3 N–H and O–H groups in total. The summed E-state index contributed by atoms with van der Waals surface area (Å²) in [5.41, 5.74) is 8.41. The number of anilines is 2. The lowest BCUT2D eigenvalue weighted by Gasteiger charge is -2.30. The third-order valence-corrected chi connectivity index (χ3v) is 3.85. The third kappa shape index (κ3) is 2.27. The van der Waals surface area contributed by atoms with E-state index in [-0.39, 0.29) is 0 Å². The Balaban J connectivity index is 1.98. The zero-order chi connectivity index (χ0) is 12.4. The quantitative estimate of drug-likeness (QED) is 0.716. The molecule has 2 aliphatic rings. The highest BCUT2D eigenvalue weighted by molar-refractivity contribution is 5.52. The summed E-state index contributed by atoms with van der Waals surface area (Å²) in [6.07, 6.45) is 5.93. The number of hydrogen-bond donors (Lipinski definition) is 2. The van der Waals surface area contributed by atoms with Crippen LogP contribution in [0.3, 0.4) is 0 Å². The Bertz CT molecular complexity index is 426. The number of nitrogens with two attached hydrogens (primary N) is 1. The minimum absolute atomic E-state index is 0.434. The number of hydrogen-bond acceptors (Lipinski definition) is 5. The Morgan fingerprint density at radius 1 is 1.00 bits per heavy atom. The Hall–Kier alpha value is -1.36. The zero-order valence-electron chi connectivity index (χ0n) is 10.8. The van der Waals surface area contributed by atoms with Gasteiger partial charge in [0.1, 0.15) is 5.82 Å². The number of fused-ring (bicyclic) bond motifs is 1. The van der Waals surface area contributed by atoms with Crippen molar-refractivity contribution in [2.75, 3.05) is 36.8 Å². The van der Waals surface area contributed by atoms with Gasteiger partial charge >= 0.3 is 0 Å². The van der Waals surface area contributed by atoms with Gasteiger partial charge in [-0.1, -0.05) is 6.42 Å². The predicted molar refractivity (Wildman–Crippen MR) is 72.8 cm³/mol. The van der Waals surface area contributed by atoms with Crippen LogP contribution < -0.4 is 16.0 Å². The first kappa shape index (κ1) is 11.7. The zero-order valence-corrected chi connectivity index (χ0v) is 10.8. The van der Waals surface area contributed by atoms with Crippen LogP contribution in [-0.2, 0) is 12.8 Å². The van der Waals surface area contributed by atoms with E-state index < -0.39 is 0 Å². The summed E-state index contributed by atoms with van der Waals surface area (Å²) >= 11 is 0. The molecule has 5 nitrogen and oxygen atoms in total. The smallest absolute Gasteiger partial charge is 0.222 e. The highest BCUT2D eigenvalue weighted by atomic mass is 15.2. The number of piperazine rings is 1. The molecule has 1 aliphatic carbocycles. The lowest BCUT2D eigenvalue weighted by molar-refractivity contribution is 0.582. The van der Waals surface area contributed by atoms with E-state index in [0.29, 0.717) is 5.95 Å². The number of nitrogens with one attached hydrogen (secondary N) is 1. The van der Waals surface area contributed by atoms with E-state index in [1.165, 1.54) is 30.5 Å². The molecule has 2 heterocycles. The highest BCUT2D eigenvalue weighted by Gasteiger charge is 2.21. The Kier molecular flexibility index (Phi) is 3.32. The summed E-state index contributed by atoms with van der Waals surface area (Å²) < 4.78 is 0. The largest absolute Gasteiger partial charge is 0.368 e. The van der Waals surface area contributed by atoms with Crippen LogP contribution in [0.4, 0.5) is 11.8 Å². The van der Waals surface area contributed by atoms with Crippen LogP contribution in [0.2, 0.25) is 0 Å². The standard InChI is InChI=1S/C13H21N5/c14-13-16-11-5-3-1-2-4-10(11)12(17-13)18-8-6-15-7-9-18/h15H,1-9H2,(H2,14,16,17). The van der Waals surface area contributed by atoms with Crippen LogP contribution in [0.25, 0.3) is 0 Å². The van der Waals surface area contributed by atoms with Gasteiger partial charge in [-0.2, -0.15) is 4.98 Å². The fourth-order valence-corrected chi connectivity index (χ4v) is 2.91. The number of aryl methyl sites for hydroxylation is 1. The van der Waals surface area contributed by atoms with Crippen LogP contribution in [0.5, 0.6) is 0 Å². The molecule has 0 saturated carbocycles. The van der Waals surface area contributed by atoms with Crippen LogP contribution in [0, 0.1) is 0 Å². The molecule has 0 amide bonds. The van der Waals surface area contributed by atoms with Crippen molar-refractivity contribution in [1.29, 1.82) is 0 Å². The molecular formula is C13H21N5. The predicted octanol–water partition coefficient (Wildman–Crippen LogP) is 0.737. The molecule has 0 atom stereocenters. The van der Waals surface area contributed by atoms with Gasteiger partial charge in [0.15, 0.2) is 0 Å². The second-order valence-electron chi connectivity index (χ2n) is 5.13. The van der Waals surface area contributed by atoms with E-state index in [2.05, 4.69) is 20.2 Å². The normalized spacial score (nSPS) is 20.3. The molecule has 1 saturated heterocycles. The molecule has 0 bridgehead atoms. The van der Waals surface area contributed by atoms with Gasteiger partial charge in [-0.3, -0.25) is 0 Å². The first-order valence-electron chi connectivity index (χ1n) is 6.95. The van der Waals surface area contributed by atoms with Crippen molar-refractivity contribution in [3.05, 3.63) is 11.3 Å². The summed E-state index contributed by atoms with van der Waals surface area (Å²) in [4.78, 5) is 11.3. The first-order valence-corrected chi connectivity index (χ1v) is 6.95. The van der Waals surface area contributed by atoms with Crippen LogP contribution in [-0.4, -0.2) is 36.1 Å². The van der Waals surface area contributed by atoms with E-state index in [1.54, 1.807) is 0 Å². The van der Waals surface area contributed by atoms with Crippen molar-refractivity contribution in [3.8, 4) is 0 Å². The molecular weight excluding hydrogens is 226 g/mol. The first-order chi connectivity index (χ1) is 8.84. The van der Waals surface area contributed by atoms with Gasteiger partial charge in [0.25, 0.3) is 0 Å². The topological polar surface area (TPSA) is 67.1 Å². The molecule has 1 aliphatic heterocycles. The fraction of sp³-hybridized carbons (Fsp3) is 0.692. The number of nitrogens with zero attached hydrogens (tertiary/aromatic N) is 3. The second-order valence-corrected chi connectivity index (χ2v) is 5.13. The Morgan fingerprint density at radius 3 is 2.61 bits per heavy atom. The molecule has 0 radical (unpaired) electrons. The summed E-state index contributed by atoms with van der Waals surface area (Å²) in [6.45, 7) is 4.09. The van der Waals surface area contributed by atoms with E-state index >= 15 is 0 Å². The second kappa shape index (κ2) is 5.10. The average Bonchev–Trinajstić information content (AvgIpc) is 2.64. The highest BCUT2D eigenvalue weighted by Crippen LogP contribution is 2.28. The maximum absolute atomic E-state index is 5.88. The van der Waals surface area contributed by atoms with Crippen molar-refractivity contribution in [1.82, 2.24) is 15.3 Å². The molecule has 5 heteroatoms. The summed E-state index contributed by atoms with van der Waals surface area (Å²) in [5, 5.41) is 3.38. The van der Waals surface area contributed by atoms with Gasteiger partial charge in [0, 0.05) is 31.7 Å². The minimum atomic E-state index is 0.434. The minimum Gasteiger partial charge on any atom is -0.368 e. The van der Waals surface area contributed by atoms with Gasteiger partial charge in [-0.15, -0.1) is 0 Å². The van der Waals surface area contributed by atoms with E-state index in [0.717, 1.165) is 44.8 Å². The van der Waals surface area contributed by atoms with E-state index in [4.69, 9.17) is 5.73 Å². The number of nitrogen functional groups attached to an aromatic ring is 1. The Labute approximate surface area is 108 Å². The van der Waals surface area contributed by atoms with Gasteiger partial charge in [-0.25, -0.2) is 4.98 Å². The van der Waals surface area contributed by atoms with Crippen molar-refractivity contribution in [2.24, 2.45) is 0 Å². The summed E-state index contributed by atoms with van der Waals surface area (Å²) in [5.74, 6) is 1.53. The van der Waals surface area contributed by atoms with Crippen LogP contribution >= 0.6 is 0 Å². The van der Waals surface area contributed by atoms with Gasteiger partial charge in [0.05, 0.1) is 5.69 Å².